The van der Waals surface area contributed by atoms with E-state index in [1.807, 2.05) is 44.2 Å². The molecule has 1 aliphatic rings. The number of hydrogen-bond acceptors (Lipinski definition) is 8. The Balaban J connectivity index is 2.33. The molecule has 0 amide bonds. The van der Waals surface area contributed by atoms with Crippen LogP contribution in [0.2, 0.25) is 36.3 Å². The monoisotopic (exact) mass is 845 g/mol. The van der Waals surface area contributed by atoms with E-state index in [4.69, 9.17) is 33.0 Å². The van der Waals surface area contributed by atoms with Crippen LogP contribution < -0.4 is 0 Å². The second-order valence-electron chi connectivity index (χ2n) is 19.8. The summed E-state index contributed by atoms with van der Waals surface area (Å²) >= 11 is 0. The highest BCUT2D eigenvalue weighted by Gasteiger charge is 2.46. The van der Waals surface area contributed by atoms with Crippen LogP contribution in [0, 0.1) is 5.92 Å². The molecule has 8 nitrogen and oxygen atoms in total. The number of hydrogen-bond donors (Lipinski definition) is 1. The maximum absolute atomic E-state index is 12.5. The Kier molecular flexibility index (Phi) is 22.7. The molecule has 2 rings (SSSR count). The van der Waals surface area contributed by atoms with Crippen molar-refractivity contribution in [3.8, 4) is 0 Å². The number of benzene rings is 1. The fourth-order valence-electron chi connectivity index (χ4n) is 6.67. The topological polar surface area (TPSA) is 91.1 Å². The van der Waals surface area contributed by atoms with Gasteiger partial charge in [-0.15, -0.1) is 0 Å². The molecule has 1 N–H and O–H groups in total. The average molecular weight is 845 g/mol. The number of aliphatic hydroxyl groups is 1. The highest BCUT2D eigenvalue weighted by Crippen LogP contribution is 2.40. The third kappa shape index (κ3) is 17.3. The Hall–Kier alpha value is -1.83. The fourth-order valence-corrected chi connectivity index (χ4v) is 9.34. The minimum absolute atomic E-state index is 0.0519. The van der Waals surface area contributed by atoms with Crippen molar-refractivity contribution < 1.29 is 28.2 Å². The van der Waals surface area contributed by atoms with Gasteiger partial charge < -0.3 is 28.2 Å². The number of nitrogens with zero attached hydrogens (tertiary/aromatic N) is 2. The molecule has 0 saturated heterocycles. The number of unbranched alkanes of at least 4 members (excludes halogenated alkanes) is 7. The second-order valence-corrected chi connectivity index (χ2v) is 29.3. The second kappa shape index (κ2) is 25.2. The number of ether oxygens (including phenoxy) is 3. The van der Waals surface area contributed by atoms with Crippen molar-refractivity contribution in [2.45, 2.75) is 226 Å². The molecule has 1 heterocycles. The SMILES string of the molecule is CCCCCC[C@H](CCCCCC/C=C/[C@H](O[Si](C)(C)C(C)(C)C)[C@@H](OCc1ccccc1)[C@H](O)[C@@H]1N=C(OCC)[C@@H](C(C)C)N=C1OCC)O[Si](C)(C)C(C)(C)C. The van der Waals surface area contributed by atoms with Crippen molar-refractivity contribution >= 4 is 28.4 Å². The Bertz CT molecular complexity index is 1370. The first-order valence-electron chi connectivity index (χ1n) is 23.0. The fraction of sp³-hybridized carbons (Fsp3) is 0.792. The largest absolute Gasteiger partial charge is 0.480 e. The van der Waals surface area contributed by atoms with E-state index in [9.17, 15) is 5.11 Å². The average Bonchev–Trinajstić information content (AvgIpc) is 3.13. The third-order valence-electron chi connectivity index (χ3n) is 12.4. The van der Waals surface area contributed by atoms with E-state index >= 15 is 0 Å². The standard InChI is InChI=1S/C48H88N2O6Si2/c1-16-19-20-28-33-39(55-57(12,13)47(6,7)8)34-29-23-21-22-24-30-35-40(56-58(14,15)48(9,10)11)44(54-36-38-31-26-25-27-32-38)43(51)42-46(53-18-3)49-41(37(4)5)45(50-42)52-17-2/h25-27,30-32,35,37,39-44,51H,16-24,28-29,33-34,36H2,1-15H3/b35-30+/t39-,40+,41-,42+,43-,44-/m1/s1. The summed E-state index contributed by atoms with van der Waals surface area (Å²) in [5.41, 5.74) is 1.02. The molecule has 6 atom stereocenters. The molecule has 0 fully saturated rings. The van der Waals surface area contributed by atoms with Gasteiger partial charge in [-0.05, 0) is 87.3 Å². The first-order chi connectivity index (χ1) is 27.2. The molecular formula is C48H88N2O6Si2. The van der Waals surface area contributed by atoms with E-state index in [2.05, 4.69) is 101 Å². The van der Waals surface area contributed by atoms with Crippen LogP contribution >= 0.6 is 0 Å². The van der Waals surface area contributed by atoms with Gasteiger partial charge in [0.05, 0.1) is 25.9 Å². The van der Waals surface area contributed by atoms with Crippen LogP contribution in [0.4, 0.5) is 0 Å². The van der Waals surface area contributed by atoms with Crippen LogP contribution in [0.3, 0.4) is 0 Å². The zero-order valence-corrected chi connectivity index (χ0v) is 41.9. The predicted octanol–water partition coefficient (Wildman–Crippen LogP) is 12.9. The Morgan fingerprint density at radius 3 is 1.76 bits per heavy atom. The maximum atomic E-state index is 12.5. The van der Waals surface area contributed by atoms with Gasteiger partial charge in [0.2, 0.25) is 11.8 Å². The van der Waals surface area contributed by atoms with Crippen molar-refractivity contribution in [1.82, 2.24) is 0 Å². The summed E-state index contributed by atoms with van der Waals surface area (Å²) in [4.78, 5) is 10.0. The quantitative estimate of drug-likeness (QED) is 0.0567. The summed E-state index contributed by atoms with van der Waals surface area (Å²) in [6.45, 7) is 34.6. The first-order valence-corrected chi connectivity index (χ1v) is 28.8. The van der Waals surface area contributed by atoms with Gasteiger partial charge in [-0.2, -0.15) is 0 Å². The van der Waals surface area contributed by atoms with Crippen molar-refractivity contribution in [1.29, 1.82) is 0 Å². The summed E-state index contributed by atoms with van der Waals surface area (Å²) in [5, 5.41) is 12.6. The molecule has 58 heavy (non-hydrogen) atoms. The Labute approximate surface area is 358 Å². The van der Waals surface area contributed by atoms with Gasteiger partial charge in [0.15, 0.2) is 22.7 Å². The van der Waals surface area contributed by atoms with Gasteiger partial charge in [0, 0.05) is 6.10 Å². The van der Waals surface area contributed by atoms with Gasteiger partial charge in [-0.1, -0.05) is 150 Å². The summed E-state index contributed by atoms with van der Waals surface area (Å²) in [7, 11) is -4.15. The zero-order chi connectivity index (χ0) is 43.6. The molecule has 0 saturated carbocycles. The van der Waals surface area contributed by atoms with Crippen LogP contribution in [0.25, 0.3) is 0 Å². The highest BCUT2D eigenvalue weighted by atomic mass is 28.4. The molecular weight excluding hydrogens is 757 g/mol. The lowest BCUT2D eigenvalue weighted by Gasteiger charge is -2.42. The predicted molar refractivity (Wildman–Crippen MR) is 251 cm³/mol. The Morgan fingerprint density at radius 1 is 0.707 bits per heavy atom. The van der Waals surface area contributed by atoms with Crippen molar-refractivity contribution in [3.05, 3.63) is 48.0 Å². The molecule has 10 heteroatoms. The molecule has 0 spiro atoms. The lowest BCUT2D eigenvalue weighted by molar-refractivity contribution is -0.0918. The summed E-state index contributed by atoms with van der Waals surface area (Å²) < 4.78 is 33.0. The summed E-state index contributed by atoms with van der Waals surface area (Å²) in [5.74, 6) is 1.09. The van der Waals surface area contributed by atoms with Crippen LogP contribution in [-0.2, 0) is 29.7 Å². The normalized spacial score (nSPS) is 19.2. The molecule has 0 radical (unpaired) electrons. The van der Waals surface area contributed by atoms with Gasteiger partial charge in [-0.3, -0.25) is 0 Å². The van der Waals surface area contributed by atoms with E-state index in [1.165, 1.54) is 51.4 Å². The van der Waals surface area contributed by atoms with Crippen LogP contribution in [0.5, 0.6) is 0 Å². The molecule has 0 unspecified atom stereocenters. The third-order valence-corrected chi connectivity index (χ3v) is 21.4. The lowest BCUT2D eigenvalue weighted by atomic mass is 9.97. The molecule has 0 bridgehead atoms. The maximum Gasteiger partial charge on any atom is 0.212 e. The summed E-state index contributed by atoms with van der Waals surface area (Å²) in [6.07, 6.45) is 15.4. The first kappa shape index (κ1) is 52.3. The van der Waals surface area contributed by atoms with Crippen LogP contribution in [0.1, 0.15) is 152 Å². The molecule has 0 aromatic heterocycles. The van der Waals surface area contributed by atoms with Crippen LogP contribution in [-0.4, -0.2) is 83.3 Å². The number of rotatable bonds is 26. The smallest absolute Gasteiger partial charge is 0.212 e. The number of aliphatic imine (C=N–C) groups is 2. The number of allylic oxidation sites excluding steroid dienone is 1. The minimum Gasteiger partial charge on any atom is -0.480 e. The number of aliphatic hydroxyl groups excluding tert-OH is 1. The van der Waals surface area contributed by atoms with Crippen molar-refractivity contribution in [2.75, 3.05) is 13.2 Å². The Morgan fingerprint density at radius 2 is 1.22 bits per heavy atom. The molecule has 334 valence electrons. The van der Waals surface area contributed by atoms with E-state index in [0.29, 0.717) is 37.7 Å². The molecule has 1 aromatic rings. The highest BCUT2D eigenvalue weighted by molar-refractivity contribution is 6.74. The van der Waals surface area contributed by atoms with Gasteiger partial charge in [0.1, 0.15) is 18.2 Å². The van der Waals surface area contributed by atoms with Gasteiger partial charge >= 0.3 is 0 Å². The van der Waals surface area contributed by atoms with Crippen molar-refractivity contribution in [3.63, 3.8) is 0 Å². The lowest BCUT2D eigenvalue weighted by Crippen LogP contribution is -2.54. The van der Waals surface area contributed by atoms with Gasteiger partial charge in [-0.25, -0.2) is 9.98 Å². The summed E-state index contributed by atoms with van der Waals surface area (Å²) in [6, 6.07) is 9.03. The molecule has 1 aliphatic heterocycles. The van der Waals surface area contributed by atoms with E-state index < -0.39 is 41.0 Å². The van der Waals surface area contributed by atoms with Crippen molar-refractivity contribution in [2.24, 2.45) is 15.9 Å². The van der Waals surface area contributed by atoms with E-state index in [0.717, 1.165) is 24.8 Å². The van der Waals surface area contributed by atoms with E-state index in [1.54, 1.807) is 0 Å². The molecule has 0 aliphatic carbocycles. The zero-order valence-electron chi connectivity index (χ0n) is 39.9. The van der Waals surface area contributed by atoms with E-state index in [-0.39, 0.29) is 22.0 Å². The van der Waals surface area contributed by atoms with Gasteiger partial charge in [0.25, 0.3) is 0 Å². The molecule has 1 aromatic carbocycles. The minimum atomic E-state index is -2.33. The van der Waals surface area contributed by atoms with Crippen LogP contribution in [0.15, 0.2) is 52.5 Å².